The largest absolute Gasteiger partial charge is 0.489 e. The molecule has 0 aliphatic carbocycles. The van der Waals surface area contributed by atoms with Crippen LogP contribution < -0.4 is 4.74 Å². The smallest absolute Gasteiger partial charge is 0.305 e. The number of hydrogen-bond donors (Lipinski definition) is 1. The molecule has 0 spiro atoms. The minimum absolute atomic E-state index is 0.216. The van der Waals surface area contributed by atoms with Gasteiger partial charge in [0.2, 0.25) is 0 Å². The van der Waals surface area contributed by atoms with Crippen LogP contribution in [0.2, 0.25) is 0 Å². The van der Waals surface area contributed by atoms with E-state index < -0.39 is 0 Å². The molecule has 5 heteroatoms. The summed E-state index contributed by atoms with van der Waals surface area (Å²) in [4.78, 5) is 11.2. The summed E-state index contributed by atoms with van der Waals surface area (Å²) in [5, 5.41) is 13.0. The van der Waals surface area contributed by atoms with Gasteiger partial charge in [-0.1, -0.05) is 65.8 Å². The van der Waals surface area contributed by atoms with E-state index in [1.807, 2.05) is 78.9 Å². The molecule has 0 aromatic heterocycles. The lowest BCUT2D eigenvalue weighted by molar-refractivity contribution is -0.140. The molecular formula is C24H23NO4. The topological polar surface area (TPSA) is 68.1 Å². The molecule has 0 saturated carbocycles. The van der Waals surface area contributed by atoms with Crippen molar-refractivity contribution in [1.29, 1.82) is 0 Å². The Hall–Kier alpha value is -3.60. The number of ether oxygens (including phenoxy) is 2. The van der Waals surface area contributed by atoms with E-state index >= 15 is 0 Å². The third kappa shape index (κ3) is 5.69. The Bertz CT molecular complexity index is 966. The summed E-state index contributed by atoms with van der Waals surface area (Å²) in [5.41, 5.74) is 4.20. The van der Waals surface area contributed by atoms with Crippen molar-refractivity contribution in [2.45, 2.75) is 19.4 Å². The number of carbonyl (C=O) groups is 1. The van der Waals surface area contributed by atoms with Gasteiger partial charge in [-0.2, -0.15) is 0 Å². The van der Waals surface area contributed by atoms with Crippen LogP contribution in [0.25, 0.3) is 0 Å². The number of esters is 1. The summed E-state index contributed by atoms with van der Waals surface area (Å²) < 4.78 is 10.5. The second-order valence-corrected chi connectivity index (χ2v) is 6.52. The zero-order valence-electron chi connectivity index (χ0n) is 16.2. The Morgan fingerprint density at radius 3 is 2.31 bits per heavy atom. The minimum atomic E-state index is -0.216. The monoisotopic (exact) mass is 389 g/mol. The first-order chi connectivity index (χ1) is 14.2. The lowest BCUT2D eigenvalue weighted by atomic mass is 10.0. The molecule has 0 aliphatic heterocycles. The molecule has 0 heterocycles. The van der Waals surface area contributed by atoms with Gasteiger partial charge in [-0.15, -0.1) is 0 Å². The van der Waals surface area contributed by atoms with Crippen molar-refractivity contribution in [1.82, 2.24) is 0 Å². The van der Waals surface area contributed by atoms with Gasteiger partial charge in [0, 0.05) is 17.5 Å². The van der Waals surface area contributed by atoms with E-state index in [1.54, 1.807) is 0 Å². The van der Waals surface area contributed by atoms with Crippen molar-refractivity contribution >= 4 is 11.7 Å². The third-order valence-electron chi connectivity index (χ3n) is 4.52. The average Bonchev–Trinajstić information content (AvgIpc) is 2.78. The number of benzene rings is 3. The quantitative estimate of drug-likeness (QED) is 0.265. The van der Waals surface area contributed by atoms with E-state index in [9.17, 15) is 10.0 Å². The van der Waals surface area contributed by atoms with Gasteiger partial charge in [0.15, 0.2) is 0 Å². The molecule has 0 atom stereocenters. The van der Waals surface area contributed by atoms with Gasteiger partial charge in [-0.3, -0.25) is 4.79 Å². The summed E-state index contributed by atoms with van der Waals surface area (Å²) >= 11 is 0. The Kier molecular flexibility index (Phi) is 7.00. The Morgan fingerprint density at radius 2 is 1.62 bits per heavy atom. The van der Waals surface area contributed by atoms with Gasteiger partial charge in [-0.05, 0) is 35.7 Å². The number of oxime groups is 1. The highest BCUT2D eigenvalue weighted by atomic mass is 16.5. The number of aryl methyl sites for hydroxylation is 1. The Labute approximate surface area is 170 Å². The lowest BCUT2D eigenvalue weighted by Crippen LogP contribution is -2.05. The first-order valence-corrected chi connectivity index (χ1v) is 9.35. The van der Waals surface area contributed by atoms with Crippen LogP contribution in [-0.2, 0) is 22.6 Å². The average molecular weight is 389 g/mol. The van der Waals surface area contributed by atoms with Crippen LogP contribution in [0.4, 0.5) is 0 Å². The first-order valence-electron chi connectivity index (χ1n) is 9.35. The Morgan fingerprint density at radius 1 is 0.897 bits per heavy atom. The molecule has 0 radical (unpaired) electrons. The maximum atomic E-state index is 11.2. The van der Waals surface area contributed by atoms with Crippen LogP contribution in [-0.4, -0.2) is 24.0 Å². The molecule has 0 aliphatic rings. The molecule has 0 saturated heterocycles. The summed E-state index contributed by atoms with van der Waals surface area (Å²) in [6, 6.07) is 24.9. The standard InChI is InChI=1S/C24H23NO4/c1-28-23(26)15-12-18-10-13-22(14-11-18)29-17-19-6-5-9-21(16-19)24(25-27)20-7-3-2-4-8-20/h2-11,13-14,16,27H,12,15,17H2,1H3/b25-24+. The molecule has 5 nitrogen and oxygen atoms in total. The molecule has 1 N–H and O–H groups in total. The highest BCUT2D eigenvalue weighted by Crippen LogP contribution is 2.17. The van der Waals surface area contributed by atoms with Crippen LogP contribution in [0.15, 0.2) is 84.0 Å². The summed E-state index contributed by atoms with van der Waals surface area (Å²) in [5.74, 6) is 0.530. The van der Waals surface area contributed by atoms with Gasteiger partial charge < -0.3 is 14.7 Å². The zero-order chi connectivity index (χ0) is 20.5. The molecule has 3 aromatic carbocycles. The number of rotatable bonds is 8. The predicted molar refractivity (Wildman–Crippen MR) is 111 cm³/mol. The summed E-state index contributed by atoms with van der Waals surface area (Å²) in [6.45, 7) is 0.392. The van der Waals surface area contributed by atoms with Gasteiger partial charge in [0.25, 0.3) is 0 Å². The highest BCUT2D eigenvalue weighted by Gasteiger charge is 2.08. The van der Waals surface area contributed by atoms with E-state index in [1.165, 1.54) is 7.11 Å². The van der Waals surface area contributed by atoms with E-state index in [4.69, 9.17) is 4.74 Å². The minimum Gasteiger partial charge on any atom is -0.489 e. The molecule has 29 heavy (non-hydrogen) atoms. The number of carbonyl (C=O) groups excluding carboxylic acids is 1. The van der Waals surface area contributed by atoms with Gasteiger partial charge in [0.05, 0.1) is 7.11 Å². The summed E-state index contributed by atoms with van der Waals surface area (Å²) in [7, 11) is 1.39. The van der Waals surface area contributed by atoms with E-state index in [2.05, 4.69) is 9.89 Å². The van der Waals surface area contributed by atoms with E-state index in [-0.39, 0.29) is 5.97 Å². The maximum absolute atomic E-state index is 11.2. The fourth-order valence-electron chi connectivity index (χ4n) is 2.95. The van der Waals surface area contributed by atoms with Crippen molar-refractivity contribution in [2.75, 3.05) is 7.11 Å². The zero-order valence-corrected chi connectivity index (χ0v) is 16.2. The van der Waals surface area contributed by atoms with Gasteiger partial charge >= 0.3 is 5.97 Å². The second kappa shape index (κ2) is 10.1. The molecule has 0 bridgehead atoms. The molecule has 0 amide bonds. The van der Waals surface area contributed by atoms with Crippen LogP contribution >= 0.6 is 0 Å². The van der Waals surface area contributed by atoms with Crippen LogP contribution in [0.5, 0.6) is 5.75 Å². The number of methoxy groups -OCH3 is 1. The highest BCUT2D eigenvalue weighted by molar-refractivity contribution is 6.12. The number of nitrogens with zero attached hydrogens (tertiary/aromatic N) is 1. The van der Waals surface area contributed by atoms with E-state index in [0.29, 0.717) is 25.2 Å². The first kappa shape index (κ1) is 20.1. The molecular weight excluding hydrogens is 366 g/mol. The van der Waals surface area contributed by atoms with Crippen LogP contribution in [0.3, 0.4) is 0 Å². The van der Waals surface area contributed by atoms with E-state index in [0.717, 1.165) is 28.0 Å². The molecule has 0 unspecified atom stereocenters. The predicted octanol–water partition coefficient (Wildman–Crippen LogP) is 4.60. The van der Waals surface area contributed by atoms with Crippen molar-refractivity contribution in [3.8, 4) is 5.75 Å². The fourth-order valence-corrected chi connectivity index (χ4v) is 2.95. The van der Waals surface area contributed by atoms with Crippen molar-refractivity contribution in [3.05, 3.63) is 101 Å². The number of hydrogen-bond acceptors (Lipinski definition) is 5. The Balaban J connectivity index is 1.63. The van der Waals surface area contributed by atoms with Gasteiger partial charge in [0.1, 0.15) is 18.1 Å². The second-order valence-electron chi connectivity index (χ2n) is 6.52. The van der Waals surface area contributed by atoms with Crippen LogP contribution in [0, 0.1) is 0 Å². The SMILES string of the molecule is COC(=O)CCc1ccc(OCc2cccc(/C(=N/O)c3ccccc3)c2)cc1. The van der Waals surface area contributed by atoms with Crippen molar-refractivity contribution in [3.63, 3.8) is 0 Å². The fraction of sp³-hybridized carbons (Fsp3) is 0.167. The lowest BCUT2D eigenvalue weighted by Gasteiger charge is -2.10. The molecule has 3 aromatic rings. The summed E-state index contributed by atoms with van der Waals surface area (Å²) in [6.07, 6.45) is 0.997. The maximum Gasteiger partial charge on any atom is 0.305 e. The third-order valence-corrected chi connectivity index (χ3v) is 4.52. The van der Waals surface area contributed by atoms with Crippen molar-refractivity contribution < 1.29 is 19.5 Å². The molecule has 3 rings (SSSR count). The normalized spacial score (nSPS) is 11.1. The van der Waals surface area contributed by atoms with Crippen molar-refractivity contribution in [2.24, 2.45) is 5.16 Å². The van der Waals surface area contributed by atoms with Crippen LogP contribution in [0.1, 0.15) is 28.7 Å². The molecule has 148 valence electrons. The van der Waals surface area contributed by atoms with Gasteiger partial charge in [-0.25, -0.2) is 0 Å². The molecule has 0 fully saturated rings.